The van der Waals surface area contributed by atoms with Gasteiger partial charge in [0.1, 0.15) is 0 Å². The maximum absolute atomic E-state index is 11.6. The van der Waals surface area contributed by atoms with Crippen LogP contribution in [0.4, 0.5) is 0 Å². The number of carbonyl (C=O) groups is 2. The number of esters is 2. The maximum atomic E-state index is 11.6. The van der Waals surface area contributed by atoms with E-state index >= 15 is 0 Å². The van der Waals surface area contributed by atoms with E-state index in [0.29, 0.717) is 13.0 Å². The van der Waals surface area contributed by atoms with E-state index in [9.17, 15) is 9.59 Å². The molecule has 1 aliphatic heterocycles. The van der Waals surface area contributed by atoms with Crippen molar-refractivity contribution >= 4 is 11.9 Å². The van der Waals surface area contributed by atoms with E-state index < -0.39 is 23.8 Å². The molecule has 2 aliphatic rings. The molecule has 1 heterocycles. The van der Waals surface area contributed by atoms with Gasteiger partial charge in [-0.05, 0) is 5.56 Å². The molecule has 1 aromatic rings. The van der Waals surface area contributed by atoms with E-state index in [-0.39, 0.29) is 0 Å². The molecule has 1 N–H and O–H groups in total. The minimum Gasteiger partial charge on any atom is -0.447 e. The van der Waals surface area contributed by atoms with Gasteiger partial charge in [0.05, 0.1) is 0 Å². The minimum atomic E-state index is -1.09. The summed E-state index contributed by atoms with van der Waals surface area (Å²) >= 11 is 0. The molecular formula is C14H13NO4. The number of nitrogens with one attached hydrogen (secondary N) is 1. The lowest BCUT2D eigenvalue weighted by molar-refractivity contribution is -0.219. The molecule has 0 aromatic heterocycles. The molecule has 0 radical (unpaired) electrons. The molecule has 2 unspecified atom stereocenters. The predicted octanol–water partition coefficient (Wildman–Crippen LogP) is 0.640. The molecule has 1 aromatic carbocycles. The molecule has 1 saturated heterocycles. The van der Waals surface area contributed by atoms with Gasteiger partial charge in [-0.25, -0.2) is 9.59 Å². The van der Waals surface area contributed by atoms with Gasteiger partial charge in [-0.2, -0.15) is 0 Å². The lowest BCUT2D eigenvalue weighted by atomic mass is 10.0. The van der Waals surface area contributed by atoms with E-state index in [1.54, 1.807) is 6.08 Å². The van der Waals surface area contributed by atoms with Gasteiger partial charge < -0.3 is 9.47 Å². The van der Waals surface area contributed by atoms with Crippen molar-refractivity contribution in [1.29, 1.82) is 0 Å². The summed E-state index contributed by atoms with van der Waals surface area (Å²) in [5, 5.41) is 3.12. The van der Waals surface area contributed by atoms with Crippen LogP contribution in [0.3, 0.4) is 0 Å². The average Bonchev–Trinajstić information content (AvgIpc) is 2.71. The first-order chi connectivity index (χ1) is 9.17. The summed E-state index contributed by atoms with van der Waals surface area (Å²) in [4.78, 5) is 22.9. The van der Waals surface area contributed by atoms with Gasteiger partial charge in [-0.15, -0.1) is 6.58 Å². The first-order valence-electron chi connectivity index (χ1n) is 6.05. The van der Waals surface area contributed by atoms with Crippen molar-refractivity contribution in [2.75, 3.05) is 6.54 Å². The zero-order valence-electron chi connectivity index (χ0n) is 10.2. The second kappa shape index (κ2) is 4.20. The van der Waals surface area contributed by atoms with Crippen molar-refractivity contribution in [3.05, 3.63) is 48.0 Å². The van der Waals surface area contributed by atoms with Crippen LogP contribution in [0.25, 0.3) is 0 Å². The lowest BCUT2D eigenvalue weighted by Gasteiger charge is -2.38. The highest BCUT2D eigenvalue weighted by molar-refractivity contribution is 6.30. The molecule has 0 amide bonds. The van der Waals surface area contributed by atoms with Gasteiger partial charge in [0.2, 0.25) is 5.72 Å². The summed E-state index contributed by atoms with van der Waals surface area (Å²) < 4.78 is 10.6. The van der Waals surface area contributed by atoms with E-state index in [2.05, 4.69) is 11.9 Å². The van der Waals surface area contributed by atoms with Crippen LogP contribution >= 0.6 is 0 Å². The molecule has 5 heteroatoms. The fraction of sp³-hybridized carbons (Fsp3) is 0.286. The molecule has 0 saturated carbocycles. The second-order valence-corrected chi connectivity index (χ2v) is 4.55. The van der Waals surface area contributed by atoms with Gasteiger partial charge in [0, 0.05) is 18.5 Å². The molecular weight excluding hydrogens is 246 g/mol. The van der Waals surface area contributed by atoms with Gasteiger partial charge in [0.25, 0.3) is 0 Å². The normalized spacial score (nSPS) is 28.1. The van der Waals surface area contributed by atoms with Gasteiger partial charge in [-0.3, -0.25) is 5.32 Å². The third-order valence-electron chi connectivity index (χ3n) is 3.45. The summed E-state index contributed by atoms with van der Waals surface area (Å²) in [6.07, 6.45) is 1.66. The monoisotopic (exact) mass is 259 g/mol. The Balaban J connectivity index is 2.07. The van der Waals surface area contributed by atoms with Crippen LogP contribution in [0.15, 0.2) is 36.9 Å². The Labute approximate surface area is 110 Å². The zero-order valence-corrected chi connectivity index (χ0v) is 10.2. The Morgan fingerprint density at radius 3 is 2.95 bits per heavy atom. The maximum Gasteiger partial charge on any atom is 0.419 e. The quantitative estimate of drug-likeness (QED) is 0.490. The van der Waals surface area contributed by atoms with Gasteiger partial charge in [0.15, 0.2) is 6.10 Å². The highest BCUT2D eigenvalue weighted by atomic mass is 16.7. The summed E-state index contributed by atoms with van der Waals surface area (Å²) in [5.41, 5.74) is 0.754. The molecule has 5 nitrogen and oxygen atoms in total. The highest BCUT2D eigenvalue weighted by Crippen LogP contribution is 2.42. The van der Waals surface area contributed by atoms with E-state index in [4.69, 9.17) is 9.47 Å². The first kappa shape index (κ1) is 11.9. The standard InChI is InChI=1S/C14H13NO4/c1-2-7-15-14-10-6-4-3-5-9(10)8-11(14)18-12(16)13(17)19-14/h2-6,11,15H,1,7-8H2. The molecule has 0 spiro atoms. The van der Waals surface area contributed by atoms with Crippen LogP contribution in [0.2, 0.25) is 0 Å². The van der Waals surface area contributed by atoms with Crippen molar-refractivity contribution in [3.8, 4) is 0 Å². The number of ether oxygens (including phenoxy) is 2. The molecule has 1 aliphatic carbocycles. The Kier molecular flexibility index (Phi) is 2.64. The Hall–Kier alpha value is -2.14. The van der Waals surface area contributed by atoms with Crippen LogP contribution in [0.1, 0.15) is 11.1 Å². The number of benzene rings is 1. The molecule has 1 fully saturated rings. The number of rotatable bonds is 3. The highest BCUT2D eigenvalue weighted by Gasteiger charge is 2.56. The first-order valence-corrected chi connectivity index (χ1v) is 6.05. The molecule has 2 atom stereocenters. The van der Waals surface area contributed by atoms with Crippen molar-refractivity contribution in [2.45, 2.75) is 18.2 Å². The van der Waals surface area contributed by atoms with Crippen LogP contribution in [-0.4, -0.2) is 24.6 Å². The van der Waals surface area contributed by atoms with Gasteiger partial charge >= 0.3 is 11.9 Å². The Bertz CT molecular complexity index is 568. The topological polar surface area (TPSA) is 64.6 Å². The smallest absolute Gasteiger partial charge is 0.419 e. The third-order valence-corrected chi connectivity index (χ3v) is 3.45. The lowest BCUT2D eigenvalue weighted by Crippen LogP contribution is -2.58. The summed E-state index contributed by atoms with van der Waals surface area (Å²) in [6, 6.07) is 7.58. The van der Waals surface area contributed by atoms with Gasteiger partial charge in [-0.1, -0.05) is 30.3 Å². The van der Waals surface area contributed by atoms with Crippen LogP contribution in [0, 0.1) is 0 Å². The number of hydrogen-bond acceptors (Lipinski definition) is 5. The minimum absolute atomic E-state index is 0.440. The van der Waals surface area contributed by atoms with Crippen LogP contribution in [-0.2, 0) is 31.2 Å². The van der Waals surface area contributed by atoms with Crippen molar-refractivity contribution in [3.63, 3.8) is 0 Å². The van der Waals surface area contributed by atoms with Crippen molar-refractivity contribution in [1.82, 2.24) is 5.32 Å². The fourth-order valence-corrected chi connectivity index (χ4v) is 2.66. The predicted molar refractivity (Wildman–Crippen MR) is 66.0 cm³/mol. The Morgan fingerprint density at radius 1 is 1.37 bits per heavy atom. The summed E-state index contributed by atoms with van der Waals surface area (Å²) in [6.45, 7) is 4.08. The van der Waals surface area contributed by atoms with Crippen LogP contribution in [0.5, 0.6) is 0 Å². The summed E-state index contributed by atoms with van der Waals surface area (Å²) in [7, 11) is 0. The number of fused-ring (bicyclic) bond motifs is 3. The number of carbonyl (C=O) groups excluding carboxylic acids is 2. The van der Waals surface area contributed by atoms with E-state index in [0.717, 1.165) is 11.1 Å². The van der Waals surface area contributed by atoms with Crippen LogP contribution < -0.4 is 5.32 Å². The second-order valence-electron chi connectivity index (χ2n) is 4.55. The zero-order chi connectivity index (χ0) is 13.5. The number of hydrogen-bond donors (Lipinski definition) is 1. The molecule has 0 bridgehead atoms. The third kappa shape index (κ3) is 1.66. The Morgan fingerprint density at radius 2 is 2.16 bits per heavy atom. The average molecular weight is 259 g/mol. The molecule has 19 heavy (non-hydrogen) atoms. The van der Waals surface area contributed by atoms with Crippen molar-refractivity contribution in [2.24, 2.45) is 0 Å². The SMILES string of the molecule is C=CCNC12OC(=O)C(=O)OC1Cc1ccccc12. The van der Waals surface area contributed by atoms with E-state index in [1.807, 2.05) is 24.3 Å². The van der Waals surface area contributed by atoms with E-state index in [1.165, 1.54) is 0 Å². The fourth-order valence-electron chi connectivity index (χ4n) is 2.66. The van der Waals surface area contributed by atoms with Crippen molar-refractivity contribution < 1.29 is 19.1 Å². The molecule has 98 valence electrons. The molecule has 3 rings (SSSR count). The largest absolute Gasteiger partial charge is 0.447 e. The summed E-state index contributed by atoms with van der Waals surface area (Å²) in [5.74, 6) is -1.90.